The Balaban J connectivity index is 1.54. The Morgan fingerprint density at radius 2 is 1.67 bits per heavy atom. The van der Waals surface area contributed by atoms with Crippen LogP contribution >= 0.6 is 39.1 Å². The van der Waals surface area contributed by atoms with E-state index < -0.39 is 78.3 Å². The zero-order valence-corrected chi connectivity index (χ0v) is 28.5. The maximum Gasteiger partial charge on any atom is 0.301 e. The number of halogens is 3. The molecule has 2 saturated heterocycles. The van der Waals surface area contributed by atoms with Gasteiger partial charge in [0, 0.05) is 37.7 Å². The van der Waals surface area contributed by atoms with Crippen molar-refractivity contribution in [3.8, 4) is 11.5 Å². The molecule has 0 bridgehead atoms. The number of rotatable bonds is 7. The molecule has 48 heavy (non-hydrogen) atoms. The normalized spacial score (nSPS) is 29.3. The van der Waals surface area contributed by atoms with Gasteiger partial charge in [0.2, 0.25) is 11.8 Å². The monoisotopic (exact) mass is 765 g/mol. The highest BCUT2D eigenvalue weighted by molar-refractivity contribution is 9.09. The van der Waals surface area contributed by atoms with Crippen molar-refractivity contribution in [2.24, 2.45) is 17.8 Å². The van der Waals surface area contributed by atoms with Crippen LogP contribution in [0, 0.1) is 38.0 Å². The van der Waals surface area contributed by atoms with Gasteiger partial charge in [-0.25, -0.2) is 4.90 Å². The number of amides is 4. The molecule has 0 aromatic heterocycles. The molecule has 252 valence electrons. The number of nitro groups is 2. The van der Waals surface area contributed by atoms with Crippen LogP contribution in [-0.2, 0) is 19.2 Å². The molecule has 2 aliphatic carbocycles. The molecule has 6 unspecified atom stereocenters. The lowest BCUT2D eigenvalue weighted by Crippen LogP contribution is -2.60. The van der Waals surface area contributed by atoms with Crippen LogP contribution in [0.1, 0.15) is 24.3 Å². The summed E-state index contributed by atoms with van der Waals surface area (Å²) >= 11 is 17.6. The highest BCUT2D eigenvalue weighted by Crippen LogP contribution is 2.67. The van der Waals surface area contributed by atoms with Crippen LogP contribution in [0.2, 0.25) is 0 Å². The molecule has 1 saturated carbocycles. The van der Waals surface area contributed by atoms with E-state index in [4.69, 9.17) is 27.9 Å². The van der Waals surface area contributed by atoms with E-state index in [-0.39, 0.29) is 46.7 Å². The number of nitrogens with zero attached hydrogens (tertiary/aromatic N) is 5. The number of likely N-dealkylation sites (tertiary alicyclic amines) is 1. The van der Waals surface area contributed by atoms with Gasteiger partial charge in [-0.2, -0.15) is 0 Å². The molecule has 15 nitrogen and oxygen atoms in total. The summed E-state index contributed by atoms with van der Waals surface area (Å²) in [6, 6.07) is 6.23. The lowest BCUT2D eigenvalue weighted by Gasteiger charge is -2.50. The molecule has 4 aliphatic rings. The van der Waals surface area contributed by atoms with Crippen molar-refractivity contribution in [2.45, 2.75) is 28.5 Å². The van der Waals surface area contributed by atoms with Crippen molar-refractivity contribution in [1.29, 1.82) is 0 Å². The molecule has 4 amide bonds. The molecule has 2 aromatic rings. The Hall–Kier alpha value is -4.28. The molecule has 0 radical (unpaired) electrons. The van der Waals surface area contributed by atoms with Crippen molar-refractivity contribution in [3.05, 3.63) is 67.8 Å². The molecule has 2 aliphatic heterocycles. The predicted octanol–water partition coefficient (Wildman–Crippen LogP) is 4.20. The van der Waals surface area contributed by atoms with Crippen molar-refractivity contribution in [2.75, 3.05) is 36.5 Å². The summed E-state index contributed by atoms with van der Waals surface area (Å²) in [6.45, 7) is 0. The first-order valence-electron chi connectivity index (χ1n) is 14.4. The minimum atomic E-state index is -2.20. The van der Waals surface area contributed by atoms with Gasteiger partial charge in [-0.3, -0.25) is 44.3 Å². The number of methoxy groups -OCH3 is 1. The standard InChI is InChI=1S/C30H26BrCl2N5O10/c1-34(2)24-17(37(44)45)9-13(10-18(24)38(46)47)36-25(40)15-8-7-14-16(21(15)26(36)41)11-29(32)27(42)35(12-31)28(43)30(29,33)23(14)22-19(39)5-4-6-20(22)48-3/h4-7,9-10,15-16,21,23,39H,8,11-12H2,1-3H3. The number of hydrogen-bond acceptors (Lipinski definition) is 11. The third kappa shape index (κ3) is 4.31. The Kier molecular flexibility index (Phi) is 7.99. The van der Waals surface area contributed by atoms with Crippen molar-refractivity contribution < 1.29 is 38.9 Å². The van der Waals surface area contributed by atoms with Crippen LogP contribution in [0.25, 0.3) is 0 Å². The Bertz CT molecular complexity index is 1850. The van der Waals surface area contributed by atoms with Gasteiger partial charge in [-0.05, 0) is 30.9 Å². The third-order valence-electron chi connectivity index (χ3n) is 9.72. The van der Waals surface area contributed by atoms with E-state index in [1.165, 1.54) is 44.3 Å². The second-order valence-corrected chi connectivity index (χ2v) is 13.9. The van der Waals surface area contributed by atoms with E-state index in [1.54, 1.807) is 6.08 Å². The van der Waals surface area contributed by atoms with Gasteiger partial charge in [-0.15, -0.1) is 23.2 Å². The first kappa shape index (κ1) is 33.6. The van der Waals surface area contributed by atoms with Crippen molar-refractivity contribution >= 4 is 85.5 Å². The van der Waals surface area contributed by atoms with E-state index >= 15 is 0 Å². The highest BCUT2D eigenvalue weighted by Gasteiger charge is 2.76. The fraction of sp³-hybridized carbons (Fsp3) is 0.400. The van der Waals surface area contributed by atoms with Crippen molar-refractivity contribution in [1.82, 2.24) is 4.90 Å². The number of phenols is 1. The number of phenolic OH excluding ortho intramolecular Hbond substituents is 1. The van der Waals surface area contributed by atoms with E-state index in [0.29, 0.717) is 10.5 Å². The number of hydrogen-bond donors (Lipinski definition) is 1. The van der Waals surface area contributed by atoms with Gasteiger partial charge in [-0.1, -0.05) is 33.6 Å². The predicted molar refractivity (Wildman–Crippen MR) is 175 cm³/mol. The smallest absolute Gasteiger partial charge is 0.301 e. The number of benzene rings is 2. The number of imide groups is 2. The van der Waals surface area contributed by atoms with Gasteiger partial charge < -0.3 is 14.7 Å². The number of carbonyl (C=O) groups is 4. The quantitative estimate of drug-likeness (QED) is 0.106. The zero-order valence-electron chi connectivity index (χ0n) is 25.4. The van der Waals surface area contributed by atoms with Crippen LogP contribution < -0.4 is 14.5 Å². The number of carbonyl (C=O) groups excluding carboxylic acids is 4. The van der Waals surface area contributed by atoms with Gasteiger partial charge >= 0.3 is 11.4 Å². The van der Waals surface area contributed by atoms with Gasteiger partial charge in [0.05, 0.1) is 39.9 Å². The summed E-state index contributed by atoms with van der Waals surface area (Å²) in [5.74, 6) is -8.05. The van der Waals surface area contributed by atoms with Gasteiger partial charge in [0.1, 0.15) is 11.5 Å². The van der Waals surface area contributed by atoms with Crippen LogP contribution in [0.5, 0.6) is 11.5 Å². The van der Waals surface area contributed by atoms with E-state index in [0.717, 1.165) is 17.0 Å². The summed E-state index contributed by atoms with van der Waals surface area (Å²) in [6.07, 6.45) is 1.21. The minimum Gasteiger partial charge on any atom is -0.508 e. The van der Waals surface area contributed by atoms with Crippen LogP contribution in [0.4, 0.5) is 22.7 Å². The zero-order chi connectivity index (χ0) is 35.2. The topological polar surface area (TPSA) is 194 Å². The molecular formula is C30H26BrCl2N5O10. The number of fused-ring (bicyclic) bond motifs is 4. The lowest BCUT2D eigenvalue weighted by molar-refractivity contribution is -0.392. The lowest BCUT2D eigenvalue weighted by atomic mass is 9.56. The number of aromatic hydroxyl groups is 1. The molecule has 2 heterocycles. The average Bonchev–Trinajstić information content (AvgIpc) is 3.37. The molecule has 0 spiro atoms. The van der Waals surface area contributed by atoms with E-state index in [1.807, 2.05) is 0 Å². The first-order chi connectivity index (χ1) is 22.6. The van der Waals surface area contributed by atoms with Crippen LogP contribution in [0.3, 0.4) is 0 Å². The molecule has 6 rings (SSSR count). The third-order valence-corrected chi connectivity index (χ3v) is 11.6. The Labute approximate surface area is 290 Å². The second kappa shape index (κ2) is 11.4. The second-order valence-electron chi connectivity index (χ2n) is 12.1. The molecular weight excluding hydrogens is 741 g/mol. The Morgan fingerprint density at radius 1 is 1.04 bits per heavy atom. The Morgan fingerprint density at radius 3 is 2.21 bits per heavy atom. The van der Waals surface area contributed by atoms with Crippen molar-refractivity contribution in [3.63, 3.8) is 0 Å². The fourth-order valence-corrected chi connectivity index (χ4v) is 9.19. The van der Waals surface area contributed by atoms with E-state index in [2.05, 4.69) is 15.9 Å². The summed E-state index contributed by atoms with van der Waals surface area (Å²) in [5, 5.41) is 35.2. The maximum absolute atomic E-state index is 14.4. The number of alkyl halides is 3. The number of nitro benzene ring substituents is 2. The molecule has 18 heteroatoms. The maximum atomic E-state index is 14.4. The van der Waals surface area contributed by atoms with Gasteiger partial charge in [0.15, 0.2) is 15.4 Å². The minimum absolute atomic E-state index is 0.0474. The molecule has 3 fully saturated rings. The number of ether oxygens (including phenoxy) is 1. The van der Waals surface area contributed by atoms with Crippen LogP contribution in [-0.4, -0.2) is 79.9 Å². The fourth-order valence-electron chi connectivity index (χ4n) is 7.78. The summed E-state index contributed by atoms with van der Waals surface area (Å²) < 4.78 is 5.54. The SMILES string of the molecule is COc1cccc(O)c1C1C2=CCC3C(=O)N(c4cc([N+](=O)[O-])c(N(C)C)c([N+](=O)[O-])c4)C(=O)C3C2CC2(Cl)C(=O)N(CBr)C(=O)C12Cl. The number of anilines is 2. The molecule has 1 N–H and O–H groups in total. The van der Waals surface area contributed by atoms with E-state index in [9.17, 15) is 44.5 Å². The highest BCUT2D eigenvalue weighted by atomic mass is 79.9. The average molecular weight is 767 g/mol. The summed E-state index contributed by atoms with van der Waals surface area (Å²) in [7, 11) is 4.10. The van der Waals surface area contributed by atoms with Crippen LogP contribution in [0.15, 0.2) is 42.0 Å². The molecule has 6 atom stereocenters. The largest absolute Gasteiger partial charge is 0.508 e. The summed E-state index contributed by atoms with van der Waals surface area (Å²) in [5.41, 5.74) is -1.93. The molecule has 2 aromatic carbocycles. The number of allylic oxidation sites excluding steroid dienone is 2. The summed E-state index contributed by atoms with van der Waals surface area (Å²) in [4.78, 5) is 76.9. The first-order valence-corrected chi connectivity index (χ1v) is 16.3. The van der Waals surface area contributed by atoms with Gasteiger partial charge in [0.25, 0.3) is 11.8 Å².